The van der Waals surface area contributed by atoms with Crippen LogP contribution in [0.3, 0.4) is 0 Å². The fraction of sp³-hybridized carbons (Fsp3) is 0.381. The number of amides is 1. The van der Waals surface area contributed by atoms with E-state index in [-0.39, 0.29) is 12.5 Å². The molecule has 1 saturated heterocycles. The highest BCUT2D eigenvalue weighted by atomic mass is 32.2. The molecule has 0 spiro atoms. The Kier molecular flexibility index (Phi) is 7.19. The van der Waals surface area contributed by atoms with Crippen molar-refractivity contribution in [2.75, 3.05) is 46.2 Å². The number of aliphatic hydroxyl groups is 1. The lowest BCUT2D eigenvalue weighted by Gasteiger charge is -2.28. The number of nitrogens with one attached hydrogen (secondary N) is 1. The first-order chi connectivity index (χ1) is 13.6. The third-order valence-electron chi connectivity index (χ3n) is 4.55. The standard InChI is InChI=1S/C21H26N2O4S/c1-26-18-8-16(15-4-3-5-20(10-15)28-2)9-19(11-18)27-14-17(24)12-23-7-6-22-21(25)13-23/h3-5,8-11,17,24H,6-7,12-14H2,1-2H3,(H,22,25). The van der Waals surface area contributed by atoms with Gasteiger partial charge < -0.3 is 19.9 Å². The Morgan fingerprint density at radius 3 is 2.79 bits per heavy atom. The van der Waals surface area contributed by atoms with Crippen molar-refractivity contribution in [1.82, 2.24) is 10.2 Å². The number of piperazine rings is 1. The zero-order chi connectivity index (χ0) is 19.9. The Morgan fingerprint density at radius 2 is 2.04 bits per heavy atom. The summed E-state index contributed by atoms with van der Waals surface area (Å²) < 4.78 is 11.2. The zero-order valence-electron chi connectivity index (χ0n) is 16.2. The fourth-order valence-electron chi connectivity index (χ4n) is 3.13. The highest BCUT2D eigenvalue weighted by Gasteiger charge is 2.19. The van der Waals surface area contributed by atoms with Gasteiger partial charge in [-0.2, -0.15) is 0 Å². The van der Waals surface area contributed by atoms with Gasteiger partial charge in [-0.15, -0.1) is 11.8 Å². The molecule has 1 aliphatic heterocycles. The number of hydrogen-bond donors (Lipinski definition) is 2. The number of hydrogen-bond acceptors (Lipinski definition) is 6. The second-order valence-electron chi connectivity index (χ2n) is 6.68. The van der Waals surface area contributed by atoms with Crippen LogP contribution < -0.4 is 14.8 Å². The van der Waals surface area contributed by atoms with Crippen LogP contribution in [0.1, 0.15) is 0 Å². The largest absolute Gasteiger partial charge is 0.497 e. The average Bonchev–Trinajstić information content (AvgIpc) is 2.72. The third-order valence-corrected chi connectivity index (χ3v) is 5.27. The molecule has 2 aromatic rings. The van der Waals surface area contributed by atoms with Gasteiger partial charge in [0, 0.05) is 30.6 Å². The topological polar surface area (TPSA) is 71.0 Å². The van der Waals surface area contributed by atoms with Crippen molar-refractivity contribution in [3.8, 4) is 22.6 Å². The maximum Gasteiger partial charge on any atom is 0.234 e. The molecule has 1 aliphatic rings. The number of methoxy groups -OCH3 is 1. The molecule has 1 unspecified atom stereocenters. The van der Waals surface area contributed by atoms with Gasteiger partial charge in [-0.05, 0) is 41.6 Å². The number of rotatable bonds is 8. The lowest BCUT2D eigenvalue weighted by Crippen LogP contribution is -2.50. The summed E-state index contributed by atoms with van der Waals surface area (Å²) in [6, 6.07) is 14.0. The van der Waals surface area contributed by atoms with Gasteiger partial charge in [0.05, 0.1) is 13.7 Å². The van der Waals surface area contributed by atoms with Crippen molar-refractivity contribution in [2.45, 2.75) is 11.0 Å². The summed E-state index contributed by atoms with van der Waals surface area (Å²) in [6.45, 7) is 2.21. The van der Waals surface area contributed by atoms with Gasteiger partial charge in [0.25, 0.3) is 0 Å². The lowest BCUT2D eigenvalue weighted by molar-refractivity contribution is -0.124. The average molecular weight is 403 g/mol. The number of nitrogens with zero attached hydrogens (tertiary/aromatic N) is 1. The minimum absolute atomic E-state index is 0.00993. The molecule has 1 heterocycles. The van der Waals surface area contributed by atoms with Crippen molar-refractivity contribution in [1.29, 1.82) is 0 Å². The number of carbonyl (C=O) groups is 1. The molecule has 1 atom stereocenters. The SMILES string of the molecule is COc1cc(OCC(O)CN2CCNC(=O)C2)cc(-c2cccc(SC)c2)c1. The van der Waals surface area contributed by atoms with E-state index in [9.17, 15) is 9.90 Å². The predicted octanol–water partition coefficient (Wildman–Crippen LogP) is 2.26. The molecule has 0 saturated carbocycles. The van der Waals surface area contributed by atoms with Crippen molar-refractivity contribution in [3.63, 3.8) is 0 Å². The maximum atomic E-state index is 11.4. The second-order valence-corrected chi connectivity index (χ2v) is 7.56. The Labute approximate surface area is 169 Å². The smallest absolute Gasteiger partial charge is 0.234 e. The molecule has 0 bridgehead atoms. The Morgan fingerprint density at radius 1 is 1.21 bits per heavy atom. The molecule has 6 nitrogen and oxygen atoms in total. The molecular formula is C21H26N2O4S. The number of thioether (sulfide) groups is 1. The van der Waals surface area contributed by atoms with Crippen LogP contribution in [0.25, 0.3) is 11.1 Å². The maximum absolute atomic E-state index is 11.4. The Balaban J connectivity index is 1.66. The zero-order valence-corrected chi connectivity index (χ0v) is 17.0. The predicted molar refractivity (Wildman–Crippen MR) is 111 cm³/mol. The highest BCUT2D eigenvalue weighted by molar-refractivity contribution is 7.98. The number of aliphatic hydroxyl groups excluding tert-OH is 1. The van der Waals surface area contributed by atoms with Gasteiger partial charge in [0.2, 0.25) is 5.91 Å². The van der Waals surface area contributed by atoms with Crippen molar-refractivity contribution in [3.05, 3.63) is 42.5 Å². The fourth-order valence-corrected chi connectivity index (χ4v) is 3.59. The van der Waals surface area contributed by atoms with Gasteiger partial charge >= 0.3 is 0 Å². The molecule has 1 fully saturated rings. The molecule has 1 amide bonds. The van der Waals surface area contributed by atoms with Gasteiger partial charge in [-0.25, -0.2) is 0 Å². The van der Waals surface area contributed by atoms with Crippen molar-refractivity contribution < 1.29 is 19.4 Å². The van der Waals surface area contributed by atoms with E-state index in [4.69, 9.17) is 9.47 Å². The van der Waals surface area contributed by atoms with Gasteiger partial charge in [0.1, 0.15) is 24.2 Å². The molecule has 3 rings (SSSR count). The summed E-state index contributed by atoms with van der Waals surface area (Å²) in [7, 11) is 1.62. The van der Waals surface area contributed by atoms with Crippen LogP contribution in [-0.2, 0) is 4.79 Å². The highest BCUT2D eigenvalue weighted by Crippen LogP contribution is 2.31. The van der Waals surface area contributed by atoms with E-state index in [1.807, 2.05) is 35.4 Å². The van der Waals surface area contributed by atoms with E-state index in [2.05, 4.69) is 23.5 Å². The summed E-state index contributed by atoms with van der Waals surface area (Å²) in [4.78, 5) is 14.6. The monoisotopic (exact) mass is 402 g/mol. The first-order valence-corrected chi connectivity index (χ1v) is 10.4. The van der Waals surface area contributed by atoms with Crippen LogP contribution in [0, 0.1) is 0 Å². The van der Waals surface area contributed by atoms with Crippen molar-refractivity contribution in [2.24, 2.45) is 0 Å². The van der Waals surface area contributed by atoms with Crippen LogP contribution in [-0.4, -0.2) is 68.2 Å². The van der Waals surface area contributed by atoms with Crippen LogP contribution in [0.15, 0.2) is 47.4 Å². The van der Waals surface area contributed by atoms with Gasteiger partial charge in [-0.3, -0.25) is 9.69 Å². The quantitative estimate of drug-likeness (QED) is 0.660. The van der Waals surface area contributed by atoms with Crippen LogP contribution in [0.2, 0.25) is 0 Å². The van der Waals surface area contributed by atoms with Crippen LogP contribution >= 0.6 is 11.8 Å². The molecule has 28 heavy (non-hydrogen) atoms. The molecular weight excluding hydrogens is 376 g/mol. The van der Waals surface area contributed by atoms with Crippen LogP contribution in [0.5, 0.6) is 11.5 Å². The number of β-amino-alcohol motifs (C(OH)–C–C–N with tert-alkyl or cyclic N) is 1. The van der Waals surface area contributed by atoms with E-state index in [1.54, 1.807) is 18.9 Å². The summed E-state index contributed by atoms with van der Waals surface area (Å²) in [5.41, 5.74) is 2.07. The first-order valence-electron chi connectivity index (χ1n) is 9.21. The first kappa shape index (κ1) is 20.5. The lowest BCUT2D eigenvalue weighted by atomic mass is 10.1. The molecule has 0 aromatic heterocycles. The van der Waals surface area contributed by atoms with E-state index in [0.717, 1.165) is 17.7 Å². The summed E-state index contributed by atoms with van der Waals surface area (Å²) in [5, 5.41) is 13.1. The summed E-state index contributed by atoms with van der Waals surface area (Å²) >= 11 is 1.69. The van der Waals surface area contributed by atoms with E-state index < -0.39 is 6.10 Å². The number of benzene rings is 2. The number of carbonyl (C=O) groups excluding carboxylic acids is 1. The third kappa shape index (κ3) is 5.64. The van der Waals surface area contributed by atoms with E-state index >= 15 is 0 Å². The Bertz CT molecular complexity index is 815. The molecule has 150 valence electrons. The summed E-state index contributed by atoms with van der Waals surface area (Å²) in [5.74, 6) is 1.33. The normalized spacial score (nSPS) is 15.8. The minimum Gasteiger partial charge on any atom is -0.497 e. The second kappa shape index (κ2) is 9.82. The molecule has 2 N–H and O–H groups in total. The molecule has 7 heteroatoms. The van der Waals surface area contributed by atoms with Gasteiger partial charge in [0.15, 0.2) is 0 Å². The van der Waals surface area contributed by atoms with E-state index in [0.29, 0.717) is 31.1 Å². The summed E-state index contributed by atoms with van der Waals surface area (Å²) in [6.07, 6.45) is 1.37. The Hall–Kier alpha value is -2.22. The molecule has 0 radical (unpaired) electrons. The van der Waals surface area contributed by atoms with Crippen LogP contribution in [0.4, 0.5) is 0 Å². The molecule has 2 aromatic carbocycles. The van der Waals surface area contributed by atoms with Crippen molar-refractivity contribution >= 4 is 17.7 Å². The van der Waals surface area contributed by atoms with E-state index in [1.165, 1.54) is 4.90 Å². The minimum atomic E-state index is -0.680. The molecule has 0 aliphatic carbocycles. The number of ether oxygens (including phenoxy) is 2. The van der Waals surface area contributed by atoms with Gasteiger partial charge in [-0.1, -0.05) is 12.1 Å².